The van der Waals surface area contributed by atoms with Crippen LogP contribution in [0.3, 0.4) is 0 Å². The molecule has 1 N–H and O–H groups in total. The molecule has 0 atom stereocenters. The first-order valence-electron chi connectivity index (χ1n) is 8.56. The fourth-order valence-corrected chi connectivity index (χ4v) is 3.75. The Kier molecular flexibility index (Phi) is 6.27. The van der Waals surface area contributed by atoms with Crippen molar-refractivity contribution in [2.45, 2.75) is 43.3 Å². The van der Waals surface area contributed by atoms with Crippen LogP contribution in [0.5, 0.6) is 5.75 Å². The van der Waals surface area contributed by atoms with Crippen LogP contribution in [0.4, 0.5) is 0 Å². The van der Waals surface area contributed by atoms with E-state index in [2.05, 4.69) is 20.8 Å². The zero-order valence-corrected chi connectivity index (χ0v) is 15.2. The van der Waals surface area contributed by atoms with Crippen LogP contribution in [0.15, 0.2) is 29.4 Å². The maximum Gasteiger partial charge on any atom is 0.230 e. The summed E-state index contributed by atoms with van der Waals surface area (Å²) in [4.78, 5) is 12.0. The summed E-state index contributed by atoms with van der Waals surface area (Å²) in [7, 11) is 1.65. The average molecular weight is 361 g/mol. The molecular weight excluding hydrogens is 338 g/mol. The van der Waals surface area contributed by atoms with Crippen molar-refractivity contribution in [3.05, 3.63) is 29.8 Å². The number of tetrazole rings is 1. The van der Waals surface area contributed by atoms with Crippen molar-refractivity contribution in [1.29, 1.82) is 0 Å². The van der Waals surface area contributed by atoms with Gasteiger partial charge in [-0.3, -0.25) is 4.79 Å². The van der Waals surface area contributed by atoms with Crippen LogP contribution in [0.1, 0.15) is 37.3 Å². The number of methoxy groups -OCH3 is 1. The summed E-state index contributed by atoms with van der Waals surface area (Å²) in [6.45, 7) is 0.610. The zero-order valence-electron chi connectivity index (χ0n) is 14.4. The number of amides is 1. The highest BCUT2D eigenvalue weighted by molar-refractivity contribution is 7.99. The summed E-state index contributed by atoms with van der Waals surface area (Å²) in [5.41, 5.74) is 1.17. The SMILES string of the molecule is COc1ccc(CCNC(=O)CSc2nnnn2C2CCCC2)cc1. The molecule has 134 valence electrons. The first-order chi connectivity index (χ1) is 12.3. The Morgan fingerprint density at radius 3 is 2.80 bits per heavy atom. The molecule has 1 fully saturated rings. The fraction of sp³-hybridized carbons (Fsp3) is 0.529. The van der Waals surface area contributed by atoms with Gasteiger partial charge in [0.2, 0.25) is 11.1 Å². The van der Waals surface area contributed by atoms with E-state index in [0.29, 0.717) is 18.3 Å². The molecule has 1 aromatic heterocycles. The van der Waals surface area contributed by atoms with E-state index in [-0.39, 0.29) is 5.91 Å². The number of rotatable bonds is 8. The van der Waals surface area contributed by atoms with Gasteiger partial charge in [0.25, 0.3) is 0 Å². The number of nitrogens with zero attached hydrogens (tertiary/aromatic N) is 4. The number of benzene rings is 1. The number of carbonyl (C=O) groups excluding carboxylic acids is 1. The largest absolute Gasteiger partial charge is 0.497 e. The number of ether oxygens (including phenoxy) is 1. The van der Waals surface area contributed by atoms with Gasteiger partial charge >= 0.3 is 0 Å². The minimum absolute atomic E-state index is 0.000478. The van der Waals surface area contributed by atoms with E-state index in [4.69, 9.17) is 4.74 Å². The zero-order chi connectivity index (χ0) is 17.5. The molecule has 7 nitrogen and oxygen atoms in total. The van der Waals surface area contributed by atoms with E-state index in [1.165, 1.54) is 30.2 Å². The first-order valence-corrected chi connectivity index (χ1v) is 9.55. The van der Waals surface area contributed by atoms with Crippen LogP contribution >= 0.6 is 11.8 Å². The third kappa shape index (κ3) is 4.94. The second kappa shape index (κ2) is 8.84. The lowest BCUT2D eigenvalue weighted by Gasteiger charge is -2.10. The lowest BCUT2D eigenvalue weighted by atomic mass is 10.1. The molecule has 1 aliphatic rings. The molecule has 3 rings (SSSR count). The van der Waals surface area contributed by atoms with Crippen molar-refractivity contribution in [1.82, 2.24) is 25.5 Å². The van der Waals surface area contributed by atoms with Crippen molar-refractivity contribution in [3.8, 4) is 5.75 Å². The van der Waals surface area contributed by atoms with Gasteiger partial charge in [-0.25, -0.2) is 4.68 Å². The summed E-state index contributed by atoms with van der Waals surface area (Å²) < 4.78 is 7.01. The highest BCUT2D eigenvalue weighted by atomic mass is 32.2. The number of carbonyl (C=O) groups is 1. The Labute approximate surface area is 151 Å². The van der Waals surface area contributed by atoms with Crippen LogP contribution in [0.2, 0.25) is 0 Å². The Hall–Kier alpha value is -2.09. The standard InChI is InChI=1S/C17H23N5O2S/c1-24-15-8-6-13(7-9-15)10-11-18-16(23)12-25-17-19-20-21-22(17)14-4-2-3-5-14/h6-9,14H,2-5,10-12H2,1H3,(H,18,23). The summed E-state index contributed by atoms with van der Waals surface area (Å²) in [5.74, 6) is 1.17. The third-order valence-corrected chi connectivity index (χ3v) is 5.29. The Balaban J connectivity index is 1.40. The maximum absolute atomic E-state index is 12.0. The molecule has 0 radical (unpaired) electrons. The molecule has 1 aromatic carbocycles. The minimum Gasteiger partial charge on any atom is -0.497 e. The van der Waals surface area contributed by atoms with Gasteiger partial charge in [-0.2, -0.15) is 0 Å². The Morgan fingerprint density at radius 1 is 1.32 bits per heavy atom. The van der Waals surface area contributed by atoms with Crippen molar-refractivity contribution in [2.24, 2.45) is 0 Å². The van der Waals surface area contributed by atoms with E-state index in [0.717, 1.165) is 30.2 Å². The second-order valence-corrected chi connectivity index (χ2v) is 7.02. The van der Waals surface area contributed by atoms with E-state index in [1.807, 2.05) is 28.9 Å². The summed E-state index contributed by atoms with van der Waals surface area (Å²) in [6, 6.07) is 8.26. The van der Waals surface area contributed by atoms with Gasteiger partial charge in [-0.05, 0) is 47.4 Å². The van der Waals surface area contributed by atoms with Gasteiger partial charge in [-0.15, -0.1) is 5.10 Å². The van der Waals surface area contributed by atoms with Crippen molar-refractivity contribution in [3.63, 3.8) is 0 Å². The Morgan fingerprint density at radius 2 is 2.08 bits per heavy atom. The quantitative estimate of drug-likeness (QED) is 0.726. The van der Waals surface area contributed by atoms with Gasteiger partial charge in [0, 0.05) is 6.54 Å². The molecule has 0 saturated heterocycles. The third-order valence-electron chi connectivity index (χ3n) is 4.36. The number of nitrogens with one attached hydrogen (secondary N) is 1. The van der Waals surface area contributed by atoms with Crippen molar-refractivity contribution >= 4 is 17.7 Å². The highest BCUT2D eigenvalue weighted by Gasteiger charge is 2.21. The van der Waals surface area contributed by atoms with Gasteiger partial charge in [0.15, 0.2) is 0 Å². The fourth-order valence-electron chi connectivity index (χ4n) is 2.98. The molecule has 0 aliphatic heterocycles. The molecular formula is C17H23N5O2S. The predicted molar refractivity (Wildman–Crippen MR) is 95.8 cm³/mol. The number of hydrogen-bond acceptors (Lipinski definition) is 6. The van der Waals surface area contributed by atoms with Crippen LogP contribution in [-0.2, 0) is 11.2 Å². The molecule has 1 amide bonds. The number of thioether (sulfide) groups is 1. The van der Waals surface area contributed by atoms with Gasteiger partial charge in [-0.1, -0.05) is 36.7 Å². The van der Waals surface area contributed by atoms with Crippen LogP contribution in [0, 0.1) is 0 Å². The minimum atomic E-state index is -0.000478. The summed E-state index contributed by atoms with van der Waals surface area (Å²) in [6.07, 6.45) is 5.47. The number of hydrogen-bond donors (Lipinski definition) is 1. The van der Waals surface area contributed by atoms with E-state index >= 15 is 0 Å². The predicted octanol–water partition coefficient (Wildman–Crippen LogP) is 2.25. The lowest BCUT2D eigenvalue weighted by Crippen LogP contribution is -2.27. The first kappa shape index (κ1) is 17.7. The molecule has 0 bridgehead atoms. The topological polar surface area (TPSA) is 81.9 Å². The summed E-state index contributed by atoms with van der Waals surface area (Å²) >= 11 is 1.40. The van der Waals surface area contributed by atoms with Crippen LogP contribution in [-0.4, -0.2) is 45.5 Å². The Bertz CT molecular complexity index is 683. The number of aromatic nitrogens is 4. The molecule has 0 spiro atoms. The van der Waals surface area contributed by atoms with Crippen LogP contribution in [0.25, 0.3) is 0 Å². The van der Waals surface area contributed by atoms with Crippen molar-refractivity contribution in [2.75, 3.05) is 19.4 Å². The van der Waals surface area contributed by atoms with Gasteiger partial charge in [0.05, 0.1) is 18.9 Å². The maximum atomic E-state index is 12.0. The molecule has 8 heteroatoms. The molecule has 25 heavy (non-hydrogen) atoms. The lowest BCUT2D eigenvalue weighted by molar-refractivity contribution is -0.118. The normalized spacial score (nSPS) is 14.6. The molecule has 1 heterocycles. The van der Waals surface area contributed by atoms with E-state index in [9.17, 15) is 4.79 Å². The smallest absolute Gasteiger partial charge is 0.230 e. The molecule has 0 unspecified atom stereocenters. The summed E-state index contributed by atoms with van der Waals surface area (Å²) in [5, 5.41) is 15.6. The van der Waals surface area contributed by atoms with E-state index in [1.54, 1.807) is 7.11 Å². The second-order valence-electron chi connectivity index (χ2n) is 6.08. The molecule has 1 saturated carbocycles. The van der Waals surface area contributed by atoms with Crippen molar-refractivity contribution < 1.29 is 9.53 Å². The molecule has 2 aromatic rings. The molecule has 1 aliphatic carbocycles. The monoisotopic (exact) mass is 361 g/mol. The highest BCUT2D eigenvalue weighted by Crippen LogP contribution is 2.31. The van der Waals surface area contributed by atoms with E-state index < -0.39 is 0 Å². The van der Waals surface area contributed by atoms with Crippen LogP contribution < -0.4 is 10.1 Å². The van der Waals surface area contributed by atoms with Gasteiger partial charge < -0.3 is 10.1 Å². The average Bonchev–Trinajstić information content (AvgIpc) is 3.31. The van der Waals surface area contributed by atoms with Gasteiger partial charge in [0.1, 0.15) is 5.75 Å².